The van der Waals surface area contributed by atoms with Gasteiger partial charge in [-0.1, -0.05) is 13.8 Å². The minimum absolute atomic E-state index is 0. The molecule has 2 rings (SSSR count). The molecule has 1 aromatic rings. The molecule has 0 bridgehead atoms. The summed E-state index contributed by atoms with van der Waals surface area (Å²) in [5, 5.41) is 3.12. The summed E-state index contributed by atoms with van der Waals surface area (Å²) >= 11 is 0. The van der Waals surface area contributed by atoms with Gasteiger partial charge in [0.1, 0.15) is 5.82 Å². The molecule has 1 aliphatic heterocycles. The van der Waals surface area contributed by atoms with E-state index in [1.807, 2.05) is 6.92 Å². The van der Waals surface area contributed by atoms with Gasteiger partial charge in [-0.15, -0.1) is 12.4 Å². The second-order valence-electron chi connectivity index (χ2n) is 6.26. The number of halogens is 2. The van der Waals surface area contributed by atoms with Crippen LogP contribution in [0, 0.1) is 11.7 Å². The fraction of sp³-hybridized carbons (Fsp3) is 0.600. The molecule has 3 N–H and O–H groups in total. The maximum atomic E-state index is 14.2. The molecule has 2 atom stereocenters. The third kappa shape index (κ3) is 6.05. The van der Waals surface area contributed by atoms with Crippen molar-refractivity contribution in [2.75, 3.05) is 23.6 Å². The van der Waals surface area contributed by atoms with Crippen LogP contribution in [-0.2, 0) is 20.0 Å². The van der Waals surface area contributed by atoms with E-state index in [1.165, 1.54) is 6.07 Å². The number of benzene rings is 1. The van der Waals surface area contributed by atoms with E-state index in [2.05, 4.69) is 14.8 Å². The molecular formula is C15H25ClFN3O4S2. The zero-order valence-corrected chi connectivity index (χ0v) is 17.1. The molecule has 0 spiro atoms. The standard InChI is InChI=1S/C15H24FN3O4S2.ClH/c1-3-8-24(20,21)18-14-5-4-12(9-13(14)16)25(22,23)19-15-10-17-7-6-11(15)2;/h4-5,9,11,15,17-19H,3,6-8,10H2,1-2H3;1H. The molecule has 0 aliphatic carbocycles. The Kier molecular flexibility index (Phi) is 8.28. The maximum absolute atomic E-state index is 14.2. The highest BCUT2D eigenvalue weighted by molar-refractivity contribution is 7.92. The van der Waals surface area contributed by atoms with Gasteiger partial charge < -0.3 is 5.32 Å². The summed E-state index contributed by atoms with van der Waals surface area (Å²) in [6.45, 7) is 5.00. The van der Waals surface area contributed by atoms with Crippen molar-refractivity contribution in [1.82, 2.24) is 10.0 Å². The van der Waals surface area contributed by atoms with Gasteiger partial charge in [-0.3, -0.25) is 4.72 Å². The highest BCUT2D eigenvalue weighted by Crippen LogP contribution is 2.21. The van der Waals surface area contributed by atoms with Gasteiger partial charge in [0.15, 0.2) is 0 Å². The molecule has 1 aromatic carbocycles. The molecule has 7 nitrogen and oxygen atoms in total. The number of piperidine rings is 1. The molecule has 1 saturated heterocycles. The predicted octanol–water partition coefficient (Wildman–Crippen LogP) is 1.68. The lowest BCUT2D eigenvalue weighted by molar-refractivity contribution is 0.327. The van der Waals surface area contributed by atoms with Crippen LogP contribution in [0.2, 0.25) is 0 Å². The van der Waals surface area contributed by atoms with E-state index < -0.39 is 25.9 Å². The number of hydrogen-bond donors (Lipinski definition) is 3. The SMILES string of the molecule is CCCS(=O)(=O)Nc1ccc(S(=O)(=O)NC2CNCCC2C)cc1F.Cl. The first-order chi connectivity index (χ1) is 11.6. The first-order valence-corrected chi connectivity index (χ1v) is 11.3. The van der Waals surface area contributed by atoms with E-state index in [9.17, 15) is 21.2 Å². The lowest BCUT2D eigenvalue weighted by atomic mass is 9.96. The van der Waals surface area contributed by atoms with Crippen molar-refractivity contribution in [3.63, 3.8) is 0 Å². The molecule has 150 valence electrons. The van der Waals surface area contributed by atoms with E-state index in [4.69, 9.17) is 0 Å². The number of rotatable bonds is 7. The predicted molar refractivity (Wildman–Crippen MR) is 102 cm³/mol. The van der Waals surface area contributed by atoms with Crippen molar-refractivity contribution >= 4 is 38.1 Å². The van der Waals surface area contributed by atoms with E-state index >= 15 is 0 Å². The van der Waals surface area contributed by atoms with Gasteiger partial charge in [0, 0.05) is 12.6 Å². The molecule has 0 saturated carbocycles. The van der Waals surface area contributed by atoms with Gasteiger partial charge in [0.05, 0.1) is 16.3 Å². The summed E-state index contributed by atoms with van der Waals surface area (Å²) in [5.74, 6) is -0.904. The summed E-state index contributed by atoms with van der Waals surface area (Å²) in [4.78, 5) is -0.235. The first-order valence-electron chi connectivity index (χ1n) is 8.17. The molecule has 11 heteroatoms. The molecular weight excluding hydrogens is 405 g/mol. The Balaban J connectivity index is 0.00000338. The fourth-order valence-corrected chi connectivity index (χ4v) is 5.14. The minimum Gasteiger partial charge on any atom is -0.315 e. The molecule has 26 heavy (non-hydrogen) atoms. The monoisotopic (exact) mass is 429 g/mol. The normalized spacial score (nSPS) is 21.0. The second kappa shape index (κ2) is 9.32. The largest absolute Gasteiger partial charge is 0.315 e. The first kappa shape index (κ1) is 23.1. The molecule has 1 aliphatic rings. The lowest BCUT2D eigenvalue weighted by Crippen LogP contribution is -2.50. The quantitative estimate of drug-likeness (QED) is 0.611. The Bertz CT molecular complexity index is 818. The summed E-state index contributed by atoms with van der Waals surface area (Å²) < 4.78 is 67.2. The fourth-order valence-electron chi connectivity index (χ4n) is 2.65. The van der Waals surface area contributed by atoms with Gasteiger partial charge in [-0.05, 0) is 43.5 Å². The number of sulfonamides is 2. The van der Waals surface area contributed by atoms with Crippen LogP contribution in [0.15, 0.2) is 23.1 Å². The molecule has 0 aromatic heterocycles. The topological polar surface area (TPSA) is 104 Å². The van der Waals surface area contributed by atoms with Crippen LogP contribution in [0.25, 0.3) is 0 Å². The summed E-state index contributed by atoms with van der Waals surface area (Å²) in [6, 6.07) is 2.87. The van der Waals surface area contributed by atoms with Gasteiger partial charge in [-0.25, -0.2) is 25.9 Å². The smallest absolute Gasteiger partial charge is 0.240 e. The van der Waals surface area contributed by atoms with Crippen molar-refractivity contribution in [2.24, 2.45) is 5.92 Å². The van der Waals surface area contributed by atoms with Crippen molar-refractivity contribution in [2.45, 2.75) is 37.6 Å². The number of anilines is 1. The summed E-state index contributed by atoms with van der Waals surface area (Å²) in [7, 11) is -7.54. The Hall–Kier alpha value is -0.940. The molecule has 0 amide bonds. The lowest BCUT2D eigenvalue weighted by Gasteiger charge is -2.30. The Morgan fingerprint density at radius 2 is 1.96 bits per heavy atom. The minimum atomic E-state index is -3.89. The highest BCUT2D eigenvalue weighted by Gasteiger charge is 2.27. The van der Waals surface area contributed by atoms with Crippen molar-refractivity contribution in [3.05, 3.63) is 24.0 Å². The third-order valence-electron chi connectivity index (χ3n) is 4.12. The van der Waals surface area contributed by atoms with Crippen LogP contribution < -0.4 is 14.8 Å². The van der Waals surface area contributed by atoms with Crippen molar-refractivity contribution < 1.29 is 21.2 Å². The zero-order valence-electron chi connectivity index (χ0n) is 14.7. The van der Waals surface area contributed by atoms with Gasteiger partial charge >= 0.3 is 0 Å². The van der Waals surface area contributed by atoms with Gasteiger partial charge in [0.25, 0.3) is 0 Å². The molecule has 0 radical (unpaired) electrons. The van der Waals surface area contributed by atoms with Crippen LogP contribution in [0.5, 0.6) is 0 Å². The van der Waals surface area contributed by atoms with Crippen LogP contribution >= 0.6 is 12.4 Å². The highest BCUT2D eigenvalue weighted by atomic mass is 35.5. The molecule has 1 fully saturated rings. The number of hydrogen-bond acceptors (Lipinski definition) is 5. The van der Waals surface area contributed by atoms with Crippen molar-refractivity contribution in [3.8, 4) is 0 Å². The average Bonchev–Trinajstić information content (AvgIpc) is 2.51. The maximum Gasteiger partial charge on any atom is 0.240 e. The third-order valence-corrected chi connectivity index (χ3v) is 7.09. The zero-order chi connectivity index (χ0) is 18.7. The van der Waals surface area contributed by atoms with Gasteiger partial charge in [-0.2, -0.15) is 0 Å². The molecule has 1 heterocycles. The second-order valence-corrected chi connectivity index (χ2v) is 9.82. The summed E-state index contributed by atoms with van der Waals surface area (Å²) in [6.07, 6.45) is 1.24. The van der Waals surface area contributed by atoms with E-state index in [0.717, 1.165) is 25.1 Å². The summed E-state index contributed by atoms with van der Waals surface area (Å²) in [5.41, 5.74) is -0.264. The van der Waals surface area contributed by atoms with Gasteiger partial charge in [0.2, 0.25) is 20.0 Å². The van der Waals surface area contributed by atoms with E-state index in [-0.39, 0.29) is 40.7 Å². The molecule has 2 unspecified atom stereocenters. The van der Waals surface area contributed by atoms with E-state index in [1.54, 1.807) is 6.92 Å². The average molecular weight is 430 g/mol. The Morgan fingerprint density at radius 3 is 2.54 bits per heavy atom. The van der Waals surface area contributed by atoms with Crippen LogP contribution in [-0.4, -0.2) is 41.7 Å². The van der Waals surface area contributed by atoms with Crippen LogP contribution in [0.4, 0.5) is 10.1 Å². The van der Waals surface area contributed by atoms with Crippen LogP contribution in [0.1, 0.15) is 26.7 Å². The number of nitrogens with one attached hydrogen (secondary N) is 3. The van der Waals surface area contributed by atoms with Crippen molar-refractivity contribution in [1.29, 1.82) is 0 Å². The Labute approximate surface area is 160 Å². The van der Waals surface area contributed by atoms with E-state index in [0.29, 0.717) is 13.0 Å². The van der Waals surface area contributed by atoms with Crippen LogP contribution in [0.3, 0.4) is 0 Å². The Morgan fingerprint density at radius 1 is 1.27 bits per heavy atom.